The molecule has 1 aliphatic heterocycles. The van der Waals surface area contributed by atoms with Crippen LogP contribution in [-0.2, 0) is 32.8 Å². The molecule has 0 N–H and O–H groups in total. The highest BCUT2D eigenvalue weighted by molar-refractivity contribution is 7.90. The third-order valence-electron chi connectivity index (χ3n) is 5.80. The van der Waals surface area contributed by atoms with Gasteiger partial charge in [-0.1, -0.05) is 11.6 Å². The number of ether oxygens (including phenoxy) is 2. The normalized spacial score (nSPS) is 15.0. The molecule has 10 nitrogen and oxygen atoms in total. The van der Waals surface area contributed by atoms with E-state index in [1.54, 1.807) is 19.1 Å². The molecular formula is C24H20F3N3O7S. The lowest BCUT2D eigenvalue weighted by atomic mass is 9.99. The number of hydrogen-bond acceptors (Lipinski definition) is 7. The van der Waals surface area contributed by atoms with Crippen molar-refractivity contribution in [1.82, 2.24) is 9.13 Å². The number of aromatic nitrogens is 2. The van der Waals surface area contributed by atoms with E-state index in [0.717, 1.165) is 19.2 Å². The summed E-state index contributed by atoms with van der Waals surface area (Å²) in [7, 11) is -2.17. The summed E-state index contributed by atoms with van der Waals surface area (Å²) in [6, 6.07) is 8.42. The Bertz CT molecular complexity index is 1740. The molecule has 1 aromatic heterocycles. The van der Waals surface area contributed by atoms with E-state index in [0.29, 0.717) is 10.1 Å². The van der Waals surface area contributed by atoms with Crippen LogP contribution in [0.15, 0.2) is 61.3 Å². The van der Waals surface area contributed by atoms with Gasteiger partial charge in [0, 0.05) is 24.2 Å². The minimum Gasteiger partial charge on any atom is -0.478 e. The Morgan fingerprint density at radius 1 is 1.05 bits per heavy atom. The zero-order valence-corrected chi connectivity index (χ0v) is 21.2. The number of carbonyl (C=O) groups is 1. The highest BCUT2D eigenvalue weighted by Crippen LogP contribution is 2.35. The molecule has 0 saturated carbocycles. The molecule has 0 radical (unpaired) electrons. The summed E-state index contributed by atoms with van der Waals surface area (Å²) in [5.41, 5.74) is -3.39. The van der Waals surface area contributed by atoms with Crippen molar-refractivity contribution >= 4 is 21.7 Å². The summed E-state index contributed by atoms with van der Waals surface area (Å²) < 4.78 is 80.4. The number of esters is 1. The molecule has 2 aromatic carbocycles. The number of carbonyl (C=O) groups excluding carboxylic acids is 1. The van der Waals surface area contributed by atoms with Crippen molar-refractivity contribution in [2.45, 2.75) is 31.0 Å². The van der Waals surface area contributed by atoms with Crippen LogP contribution in [0.3, 0.4) is 0 Å². The Morgan fingerprint density at radius 3 is 2.37 bits per heavy atom. The van der Waals surface area contributed by atoms with Crippen molar-refractivity contribution in [3.8, 4) is 11.4 Å². The molecule has 0 aliphatic carbocycles. The van der Waals surface area contributed by atoms with Crippen molar-refractivity contribution in [2.24, 2.45) is 11.4 Å². The van der Waals surface area contributed by atoms with E-state index in [1.165, 1.54) is 26.2 Å². The number of sulfonamides is 1. The van der Waals surface area contributed by atoms with Crippen LogP contribution >= 0.6 is 0 Å². The molecule has 200 valence electrons. The Balaban J connectivity index is 1.92. The number of fused-ring (bicyclic) bond motifs is 1. The molecule has 1 aliphatic rings. The molecule has 14 heteroatoms. The van der Waals surface area contributed by atoms with Crippen LogP contribution in [0.1, 0.15) is 29.3 Å². The van der Waals surface area contributed by atoms with Crippen LogP contribution in [0.5, 0.6) is 5.75 Å². The number of aryl methyl sites for hydroxylation is 1. The number of alkyl halides is 3. The van der Waals surface area contributed by atoms with Gasteiger partial charge in [0.25, 0.3) is 15.6 Å². The van der Waals surface area contributed by atoms with Gasteiger partial charge in [-0.2, -0.15) is 26.0 Å². The molecule has 0 saturated heterocycles. The first-order chi connectivity index (χ1) is 17.7. The first kappa shape index (κ1) is 26.9. The summed E-state index contributed by atoms with van der Waals surface area (Å²) in [5.74, 6) is -0.582. The second kappa shape index (κ2) is 9.28. The summed E-state index contributed by atoms with van der Waals surface area (Å²) in [5, 5.41) is 0. The van der Waals surface area contributed by atoms with Crippen LogP contribution in [0.4, 0.5) is 13.2 Å². The summed E-state index contributed by atoms with van der Waals surface area (Å²) >= 11 is 0. The molecule has 3 aromatic rings. The molecule has 0 fully saturated rings. The van der Waals surface area contributed by atoms with E-state index in [2.05, 4.69) is 9.13 Å². The topological polar surface area (TPSA) is 126 Å². The molecule has 1 unspecified atom stereocenters. The fraction of sp³-hybridized carbons (Fsp3) is 0.250. The van der Waals surface area contributed by atoms with Crippen LogP contribution < -0.4 is 16.0 Å². The van der Waals surface area contributed by atoms with E-state index >= 15 is 0 Å². The van der Waals surface area contributed by atoms with Gasteiger partial charge in [-0.25, -0.2) is 14.2 Å². The quantitative estimate of drug-likeness (QED) is 0.446. The lowest BCUT2D eigenvalue weighted by Crippen LogP contribution is -2.40. The highest BCUT2D eigenvalue weighted by Gasteiger charge is 2.36. The average Bonchev–Trinajstić information content (AvgIpc) is 3.11. The second-order valence-electron chi connectivity index (χ2n) is 8.42. The van der Waals surface area contributed by atoms with Crippen LogP contribution in [0.2, 0.25) is 0 Å². The van der Waals surface area contributed by atoms with E-state index in [-0.39, 0.29) is 43.8 Å². The van der Waals surface area contributed by atoms with Crippen LogP contribution in [-0.4, -0.2) is 42.4 Å². The lowest BCUT2D eigenvalue weighted by molar-refractivity contribution is -0.148. The number of nitrogens with zero attached hydrogens (tertiary/aromatic N) is 3. The van der Waals surface area contributed by atoms with E-state index in [1.807, 2.05) is 0 Å². The summed E-state index contributed by atoms with van der Waals surface area (Å²) in [6.07, 6.45) is -6.00. The maximum atomic E-state index is 13.2. The van der Waals surface area contributed by atoms with Gasteiger partial charge in [0.1, 0.15) is 11.4 Å². The van der Waals surface area contributed by atoms with Crippen molar-refractivity contribution < 1.29 is 35.9 Å². The minimum absolute atomic E-state index is 0.0162. The van der Waals surface area contributed by atoms with Gasteiger partial charge in [-0.05, 0) is 44.2 Å². The lowest BCUT2D eigenvalue weighted by Gasteiger charge is -2.17. The molecule has 0 bridgehead atoms. The zero-order chi connectivity index (χ0) is 28.2. The van der Waals surface area contributed by atoms with Crippen molar-refractivity contribution in [3.63, 3.8) is 0 Å². The third-order valence-corrected chi connectivity index (χ3v) is 7.14. The monoisotopic (exact) mass is 551 g/mol. The smallest absolute Gasteiger partial charge is 0.431 e. The Hall–Kier alpha value is -4.20. The number of rotatable bonds is 5. The SMILES string of the molecule is COC(=O)C(C)Oc1ccc(C)cc1C1=NS(=O)(=O)c2ccc(-n3c(=O)cc(C(F)(F)F)n(C)c3=O)cc21. The highest BCUT2D eigenvalue weighted by atomic mass is 32.2. The third kappa shape index (κ3) is 4.62. The second-order valence-corrected chi connectivity index (χ2v) is 9.99. The van der Waals surface area contributed by atoms with Gasteiger partial charge in [-0.3, -0.25) is 9.36 Å². The van der Waals surface area contributed by atoms with Crippen LogP contribution in [0, 0.1) is 6.92 Å². The molecule has 38 heavy (non-hydrogen) atoms. The van der Waals surface area contributed by atoms with Gasteiger partial charge < -0.3 is 9.47 Å². The minimum atomic E-state index is -4.94. The van der Waals surface area contributed by atoms with E-state index < -0.39 is 45.2 Å². The standard InChI is InChI=1S/C24H20F3N3O7S/c1-12-5-7-17(37-13(2)22(32)36-4)15(9-12)21-16-10-14(6-8-18(16)38(34,35)28-21)30-20(31)11-19(24(25,26)27)29(3)23(30)33/h5-11,13H,1-4H3. The van der Waals surface area contributed by atoms with E-state index in [4.69, 9.17) is 4.74 Å². The Morgan fingerprint density at radius 2 is 1.74 bits per heavy atom. The van der Waals surface area contributed by atoms with Crippen molar-refractivity contribution in [1.29, 1.82) is 0 Å². The molecule has 0 amide bonds. The van der Waals surface area contributed by atoms with Crippen molar-refractivity contribution in [2.75, 3.05) is 7.11 Å². The first-order valence-electron chi connectivity index (χ1n) is 10.9. The fourth-order valence-corrected chi connectivity index (χ4v) is 5.16. The molecule has 4 rings (SSSR count). The summed E-state index contributed by atoms with van der Waals surface area (Å²) in [4.78, 5) is 37.0. The van der Waals surface area contributed by atoms with E-state index in [9.17, 15) is 36.0 Å². The van der Waals surface area contributed by atoms with Gasteiger partial charge in [0.2, 0.25) is 0 Å². The summed E-state index contributed by atoms with van der Waals surface area (Å²) in [6.45, 7) is 3.16. The van der Waals surface area contributed by atoms with Crippen LogP contribution in [0.25, 0.3) is 5.69 Å². The largest absolute Gasteiger partial charge is 0.478 e. The maximum absolute atomic E-state index is 13.2. The number of hydrogen-bond donors (Lipinski definition) is 0. The Labute approximate surface area is 213 Å². The molecular weight excluding hydrogens is 531 g/mol. The zero-order valence-electron chi connectivity index (χ0n) is 20.4. The van der Waals surface area contributed by atoms with Gasteiger partial charge in [0.15, 0.2) is 6.10 Å². The Kier molecular flexibility index (Phi) is 6.55. The average molecular weight is 551 g/mol. The van der Waals surface area contributed by atoms with Gasteiger partial charge in [-0.15, -0.1) is 0 Å². The maximum Gasteiger partial charge on any atom is 0.431 e. The van der Waals surface area contributed by atoms with Gasteiger partial charge in [0.05, 0.1) is 23.4 Å². The van der Waals surface area contributed by atoms with Gasteiger partial charge >= 0.3 is 17.8 Å². The molecule has 1 atom stereocenters. The number of halogens is 3. The predicted octanol–water partition coefficient (Wildman–Crippen LogP) is 2.34. The number of methoxy groups -OCH3 is 1. The molecule has 0 spiro atoms. The first-order valence-corrected chi connectivity index (χ1v) is 12.3. The van der Waals surface area contributed by atoms with Crippen molar-refractivity contribution in [3.05, 3.63) is 85.7 Å². The molecule has 2 heterocycles. The number of benzene rings is 2. The fourth-order valence-electron chi connectivity index (χ4n) is 3.95. The predicted molar refractivity (Wildman–Crippen MR) is 128 cm³/mol.